The first-order valence-electron chi connectivity index (χ1n) is 9.40. The van der Waals surface area contributed by atoms with E-state index < -0.39 is 12.5 Å². The number of alkyl halides is 2. The molecule has 1 aliphatic carbocycles. The van der Waals surface area contributed by atoms with Gasteiger partial charge in [0.05, 0.1) is 13.1 Å². The minimum absolute atomic E-state index is 0.201. The van der Waals surface area contributed by atoms with Crippen molar-refractivity contribution in [3.8, 4) is 0 Å². The van der Waals surface area contributed by atoms with Crippen LogP contribution in [0.15, 0.2) is 24.3 Å². The largest absolute Gasteiger partial charge is 0.393 e. The molecular formula is C19H23ClF2N6. The average molecular weight is 409 g/mol. The third-order valence-electron chi connectivity index (χ3n) is 5.43. The number of anilines is 3. The molecule has 0 unspecified atom stereocenters. The second-order valence-corrected chi connectivity index (χ2v) is 7.92. The van der Waals surface area contributed by atoms with Gasteiger partial charge in [0, 0.05) is 23.9 Å². The van der Waals surface area contributed by atoms with Gasteiger partial charge in [0.2, 0.25) is 0 Å². The van der Waals surface area contributed by atoms with Crippen molar-refractivity contribution in [1.29, 1.82) is 0 Å². The van der Waals surface area contributed by atoms with E-state index in [2.05, 4.69) is 9.97 Å². The lowest BCUT2D eigenvalue weighted by molar-refractivity contribution is 0.0257. The number of hydrogen-bond acceptors (Lipinski definition) is 6. The Balaban J connectivity index is 1.69. The normalized spacial score (nSPS) is 18.9. The number of aromatic nitrogens is 2. The van der Waals surface area contributed by atoms with E-state index in [1.807, 2.05) is 18.2 Å². The minimum Gasteiger partial charge on any atom is -0.393 e. The minimum atomic E-state index is -2.74. The van der Waals surface area contributed by atoms with Crippen LogP contribution < -0.4 is 21.5 Å². The molecular weight excluding hydrogens is 386 g/mol. The van der Waals surface area contributed by atoms with E-state index in [9.17, 15) is 8.78 Å². The molecule has 6 nitrogen and oxygen atoms in total. The van der Waals surface area contributed by atoms with Crippen LogP contribution in [-0.4, -0.2) is 29.0 Å². The van der Waals surface area contributed by atoms with E-state index in [-0.39, 0.29) is 24.6 Å². The molecule has 1 saturated carbocycles. The van der Waals surface area contributed by atoms with Gasteiger partial charge in [-0.05, 0) is 24.5 Å². The van der Waals surface area contributed by atoms with Crippen LogP contribution in [0.1, 0.15) is 43.0 Å². The highest BCUT2D eigenvalue weighted by atomic mass is 35.5. The lowest BCUT2D eigenvalue weighted by Gasteiger charge is -2.29. The summed E-state index contributed by atoms with van der Waals surface area (Å²) in [5.74, 6) is 5.08. The summed E-state index contributed by atoms with van der Waals surface area (Å²) in [6.45, 7) is 0.0975. The van der Waals surface area contributed by atoms with E-state index in [0.29, 0.717) is 29.0 Å². The van der Waals surface area contributed by atoms with Crippen molar-refractivity contribution in [2.24, 2.45) is 5.84 Å². The quantitative estimate of drug-likeness (QED) is 0.579. The van der Waals surface area contributed by atoms with Crippen LogP contribution in [-0.2, 0) is 6.54 Å². The maximum absolute atomic E-state index is 13.8. The van der Waals surface area contributed by atoms with Crippen molar-refractivity contribution in [2.75, 3.05) is 28.7 Å². The molecule has 150 valence electrons. The van der Waals surface area contributed by atoms with Gasteiger partial charge in [-0.25, -0.2) is 24.6 Å². The highest BCUT2D eigenvalue weighted by Gasteiger charge is 2.40. The number of nitrogens with two attached hydrogens (primary N) is 2. The van der Waals surface area contributed by atoms with Crippen LogP contribution in [0.2, 0.25) is 5.02 Å². The number of nitrogen functional groups attached to an aromatic ring is 1. The monoisotopic (exact) mass is 408 g/mol. The Hall–Kier alpha value is -2.19. The topological polar surface area (TPSA) is 84.3 Å². The zero-order chi connectivity index (χ0) is 19.9. The van der Waals surface area contributed by atoms with Gasteiger partial charge in [0.1, 0.15) is 11.5 Å². The maximum Gasteiger partial charge on any atom is 0.266 e. The Labute approximate surface area is 167 Å². The van der Waals surface area contributed by atoms with Crippen molar-refractivity contribution in [3.63, 3.8) is 0 Å². The molecule has 9 heteroatoms. The first-order chi connectivity index (χ1) is 13.3. The number of benzene rings is 1. The van der Waals surface area contributed by atoms with Crippen molar-refractivity contribution < 1.29 is 8.78 Å². The molecule has 4 rings (SSSR count). The predicted molar refractivity (Wildman–Crippen MR) is 107 cm³/mol. The van der Waals surface area contributed by atoms with Crippen molar-refractivity contribution in [3.05, 3.63) is 40.7 Å². The summed E-state index contributed by atoms with van der Waals surface area (Å²) in [5, 5.41) is 2.00. The molecule has 1 aromatic carbocycles. The number of nitrogens with zero attached hydrogens (tertiary/aromatic N) is 4. The number of hydrogen-bond donors (Lipinski definition) is 2. The lowest BCUT2D eigenvalue weighted by atomic mass is 9.85. The van der Waals surface area contributed by atoms with Gasteiger partial charge in [0.15, 0.2) is 11.6 Å². The smallest absolute Gasteiger partial charge is 0.266 e. The highest BCUT2D eigenvalue weighted by molar-refractivity contribution is 6.31. The van der Waals surface area contributed by atoms with Crippen LogP contribution in [0, 0.1) is 0 Å². The molecule has 2 fully saturated rings. The predicted octanol–water partition coefficient (Wildman–Crippen LogP) is 3.71. The standard InChI is InChI=1S/C19H23ClF2N6/c20-14-7-2-1-4-13(14)10-28(24)18-15(23)17(27-9-8-19(21,22)11-27)25-16(26-18)12-5-3-6-12/h1-2,4,7,12H,3,5-6,8-11,23-24H2. The molecule has 0 bridgehead atoms. The summed E-state index contributed by atoms with van der Waals surface area (Å²) >= 11 is 6.24. The molecule has 2 aromatic rings. The fraction of sp³-hybridized carbons (Fsp3) is 0.474. The summed E-state index contributed by atoms with van der Waals surface area (Å²) < 4.78 is 27.5. The zero-order valence-electron chi connectivity index (χ0n) is 15.4. The van der Waals surface area contributed by atoms with Gasteiger partial charge >= 0.3 is 0 Å². The molecule has 4 N–H and O–H groups in total. The van der Waals surface area contributed by atoms with E-state index >= 15 is 0 Å². The summed E-state index contributed by atoms with van der Waals surface area (Å²) in [5.41, 5.74) is 7.35. The fourth-order valence-electron chi connectivity index (χ4n) is 3.57. The summed E-state index contributed by atoms with van der Waals surface area (Å²) in [6.07, 6.45) is 2.86. The van der Waals surface area contributed by atoms with Crippen LogP contribution in [0.4, 0.5) is 26.1 Å². The van der Waals surface area contributed by atoms with Gasteiger partial charge < -0.3 is 10.6 Å². The molecule has 2 heterocycles. The maximum atomic E-state index is 13.8. The van der Waals surface area contributed by atoms with Crippen molar-refractivity contribution in [2.45, 2.75) is 44.1 Å². The van der Waals surface area contributed by atoms with Crippen LogP contribution in [0.3, 0.4) is 0 Å². The third kappa shape index (κ3) is 3.71. The van der Waals surface area contributed by atoms with Crippen LogP contribution in [0.5, 0.6) is 0 Å². The first-order valence-corrected chi connectivity index (χ1v) is 9.78. The molecule has 2 aliphatic rings. The molecule has 1 aromatic heterocycles. The Bertz CT molecular complexity index is 873. The van der Waals surface area contributed by atoms with Gasteiger partial charge in [-0.2, -0.15) is 0 Å². The Morgan fingerprint density at radius 1 is 1.25 bits per heavy atom. The lowest BCUT2D eigenvalue weighted by Crippen LogP contribution is -2.34. The fourth-order valence-corrected chi connectivity index (χ4v) is 3.77. The molecule has 0 amide bonds. The van der Waals surface area contributed by atoms with E-state index in [1.165, 1.54) is 9.91 Å². The second-order valence-electron chi connectivity index (χ2n) is 7.52. The molecule has 1 saturated heterocycles. The van der Waals surface area contributed by atoms with E-state index in [1.54, 1.807) is 6.07 Å². The molecule has 1 aliphatic heterocycles. The molecule has 0 spiro atoms. The molecule has 28 heavy (non-hydrogen) atoms. The second kappa shape index (κ2) is 7.33. The van der Waals surface area contributed by atoms with Gasteiger partial charge in [-0.3, -0.25) is 5.01 Å². The Morgan fingerprint density at radius 2 is 2.00 bits per heavy atom. The number of rotatable bonds is 5. The molecule has 0 atom stereocenters. The van der Waals surface area contributed by atoms with E-state index in [4.69, 9.17) is 23.2 Å². The van der Waals surface area contributed by atoms with Gasteiger partial charge in [-0.1, -0.05) is 36.2 Å². The van der Waals surface area contributed by atoms with Crippen LogP contribution in [0.25, 0.3) is 0 Å². The highest BCUT2D eigenvalue weighted by Crippen LogP contribution is 2.40. The van der Waals surface area contributed by atoms with Crippen LogP contribution >= 0.6 is 11.6 Å². The summed E-state index contributed by atoms with van der Waals surface area (Å²) in [6, 6.07) is 7.36. The summed E-state index contributed by atoms with van der Waals surface area (Å²) in [4.78, 5) is 10.7. The first kappa shape index (κ1) is 19.1. The van der Waals surface area contributed by atoms with E-state index in [0.717, 1.165) is 24.8 Å². The molecule has 0 radical (unpaired) electrons. The van der Waals surface area contributed by atoms with Gasteiger partial charge in [0.25, 0.3) is 5.92 Å². The Morgan fingerprint density at radius 3 is 2.61 bits per heavy atom. The van der Waals surface area contributed by atoms with Crippen molar-refractivity contribution in [1.82, 2.24) is 9.97 Å². The number of hydrazine groups is 1. The summed E-state index contributed by atoms with van der Waals surface area (Å²) in [7, 11) is 0. The SMILES string of the molecule is Nc1c(N(N)Cc2ccccc2Cl)nc(C2CCC2)nc1N1CCC(F)(F)C1. The zero-order valence-corrected chi connectivity index (χ0v) is 16.2. The average Bonchev–Trinajstić information content (AvgIpc) is 2.96. The van der Waals surface area contributed by atoms with Gasteiger partial charge in [-0.15, -0.1) is 0 Å². The number of halogens is 3. The Kier molecular flexibility index (Phi) is 5.01. The van der Waals surface area contributed by atoms with Crippen molar-refractivity contribution >= 4 is 28.9 Å². The third-order valence-corrected chi connectivity index (χ3v) is 5.80.